The van der Waals surface area contributed by atoms with Crippen LogP contribution < -0.4 is 5.32 Å². The second-order valence-corrected chi connectivity index (χ2v) is 3.23. The minimum absolute atomic E-state index is 0.354. The van der Waals surface area contributed by atoms with Crippen LogP contribution in [0.4, 0.5) is 0 Å². The van der Waals surface area contributed by atoms with Crippen LogP contribution >= 0.6 is 0 Å². The van der Waals surface area contributed by atoms with Crippen molar-refractivity contribution in [1.29, 1.82) is 0 Å². The van der Waals surface area contributed by atoms with Crippen molar-refractivity contribution in [3.8, 4) is 0 Å². The second kappa shape index (κ2) is 4.95. The number of esters is 2. The molecule has 1 fully saturated rings. The van der Waals surface area contributed by atoms with Crippen LogP contribution in [0.25, 0.3) is 0 Å². The highest BCUT2D eigenvalue weighted by molar-refractivity contribution is 5.84. The first-order chi connectivity index (χ1) is 6.70. The van der Waals surface area contributed by atoms with Crippen molar-refractivity contribution in [2.24, 2.45) is 5.92 Å². The third-order valence-electron chi connectivity index (χ3n) is 2.42. The molecule has 80 valence electrons. The van der Waals surface area contributed by atoms with Crippen molar-refractivity contribution in [1.82, 2.24) is 5.32 Å². The molecular formula is C9H15NO4. The van der Waals surface area contributed by atoms with E-state index in [1.165, 1.54) is 14.2 Å². The lowest BCUT2D eigenvalue weighted by Gasteiger charge is -2.28. The van der Waals surface area contributed by atoms with Gasteiger partial charge in [0.05, 0.1) is 20.1 Å². The van der Waals surface area contributed by atoms with Crippen LogP contribution in [0.5, 0.6) is 0 Å². The second-order valence-electron chi connectivity index (χ2n) is 3.23. The Hall–Kier alpha value is -1.10. The average molecular weight is 201 g/mol. The summed E-state index contributed by atoms with van der Waals surface area (Å²) in [6, 6.07) is -0.554. The lowest BCUT2D eigenvalue weighted by atomic mass is 9.91. The molecule has 2 atom stereocenters. The molecule has 0 amide bonds. The van der Waals surface area contributed by atoms with Crippen molar-refractivity contribution in [3.63, 3.8) is 0 Å². The zero-order chi connectivity index (χ0) is 10.6. The standard InChI is InChI=1S/C9H15NO4/c1-13-8(11)6-4-3-5-10-7(6)9(12)14-2/h6-7,10H,3-5H2,1-2H3/t6-,7-/m0/s1. The summed E-state index contributed by atoms with van der Waals surface area (Å²) in [5.41, 5.74) is 0. The van der Waals surface area contributed by atoms with E-state index in [0.717, 1.165) is 13.0 Å². The van der Waals surface area contributed by atoms with Crippen molar-refractivity contribution in [3.05, 3.63) is 0 Å². The zero-order valence-corrected chi connectivity index (χ0v) is 8.41. The SMILES string of the molecule is COC(=O)[C@H]1CCCN[C@@H]1C(=O)OC. The number of ether oxygens (including phenoxy) is 2. The summed E-state index contributed by atoms with van der Waals surface area (Å²) in [6.07, 6.45) is 1.53. The minimum atomic E-state index is -0.554. The Bertz CT molecular complexity index is 205. The molecule has 1 rings (SSSR count). The molecule has 0 radical (unpaired) electrons. The van der Waals surface area contributed by atoms with Crippen LogP contribution in [0, 0.1) is 5.92 Å². The van der Waals surface area contributed by atoms with Crippen molar-refractivity contribution in [2.45, 2.75) is 18.9 Å². The van der Waals surface area contributed by atoms with Gasteiger partial charge in [-0.3, -0.25) is 9.59 Å². The maximum absolute atomic E-state index is 11.3. The number of piperidine rings is 1. The molecule has 1 aliphatic heterocycles. The Labute approximate surface area is 82.8 Å². The van der Waals surface area contributed by atoms with Crippen LogP contribution in [0.3, 0.4) is 0 Å². The Morgan fingerprint density at radius 2 is 1.86 bits per heavy atom. The number of nitrogens with one attached hydrogen (secondary N) is 1. The van der Waals surface area contributed by atoms with Gasteiger partial charge in [-0.1, -0.05) is 0 Å². The first-order valence-electron chi connectivity index (χ1n) is 4.59. The van der Waals surface area contributed by atoms with Gasteiger partial charge < -0.3 is 14.8 Å². The van der Waals surface area contributed by atoms with Gasteiger partial charge in [-0.2, -0.15) is 0 Å². The number of carbonyl (C=O) groups excluding carboxylic acids is 2. The van der Waals surface area contributed by atoms with Gasteiger partial charge in [0, 0.05) is 0 Å². The van der Waals surface area contributed by atoms with Crippen LogP contribution in [0.15, 0.2) is 0 Å². The Kier molecular flexibility index (Phi) is 3.88. The van der Waals surface area contributed by atoms with Crippen molar-refractivity contribution >= 4 is 11.9 Å². The van der Waals surface area contributed by atoms with Crippen molar-refractivity contribution < 1.29 is 19.1 Å². The molecule has 1 heterocycles. The van der Waals surface area contributed by atoms with Crippen molar-refractivity contribution in [2.75, 3.05) is 20.8 Å². The van der Waals surface area contributed by atoms with Gasteiger partial charge in [0.1, 0.15) is 6.04 Å². The highest BCUT2D eigenvalue weighted by Gasteiger charge is 2.36. The van der Waals surface area contributed by atoms with E-state index in [1.807, 2.05) is 0 Å². The van der Waals surface area contributed by atoms with E-state index in [4.69, 9.17) is 0 Å². The summed E-state index contributed by atoms with van der Waals surface area (Å²) in [4.78, 5) is 22.6. The summed E-state index contributed by atoms with van der Waals surface area (Å²) in [5, 5.41) is 2.96. The topological polar surface area (TPSA) is 64.6 Å². The zero-order valence-electron chi connectivity index (χ0n) is 8.41. The van der Waals surface area contributed by atoms with Gasteiger partial charge >= 0.3 is 11.9 Å². The molecule has 0 unspecified atom stereocenters. The predicted octanol–water partition coefficient (Wildman–Crippen LogP) is -0.299. The summed E-state index contributed by atoms with van der Waals surface area (Å²) in [7, 11) is 2.64. The average Bonchev–Trinajstić information content (AvgIpc) is 2.27. The van der Waals surface area contributed by atoms with Gasteiger partial charge in [0.2, 0.25) is 0 Å². The molecule has 1 aliphatic rings. The van der Waals surface area contributed by atoms with E-state index in [-0.39, 0.29) is 5.97 Å². The molecule has 0 aliphatic carbocycles. The van der Waals surface area contributed by atoms with Gasteiger partial charge in [-0.05, 0) is 19.4 Å². The van der Waals surface area contributed by atoms with Crippen LogP contribution in [0.1, 0.15) is 12.8 Å². The van der Waals surface area contributed by atoms with Crippen LogP contribution in [-0.2, 0) is 19.1 Å². The maximum atomic E-state index is 11.3. The van der Waals surface area contributed by atoms with Gasteiger partial charge in [0.15, 0.2) is 0 Å². The number of hydrogen-bond acceptors (Lipinski definition) is 5. The highest BCUT2D eigenvalue weighted by atomic mass is 16.5. The Balaban J connectivity index is 2.68. The summed E-state index contributed by atoms with van der Waals surface area (Å²) in [6.45, 7) is 0.729. The van der Waals surface area contributed by atoms with Crippen LogP contribution in [-0.4, -0.2) is 38.7 Å². The quantitative estimate of drug-likeness (QED) is 0.621. The van der Waals surface area contributed by atoms with Crippen LogP contribution in [0.2, 0.25) is 0 Å². The first kappa shape index (κ1) is 11.0. The summed E-state index contributed by atoms with van der Waals surface area (Å²) in [5.74, 6) is -1.17. The molecule has 1 saturated heterocycles. The molecule has 5 nitrogen and oxygen atoms in total. The molecule has 14 heavy (non-hydrogen) atoms. The maximum Gasteiger partial charge on any atom is 0.323 e. The fraction of sp³-hybridized carbons (Fsp3) is 0.778. The number of methoxy groups -OCH3 is 2. The lowest BCUT2D eigenvalue weighted by molar-refractivity contribution is -0.156. The smallest absolute Gasteiger partial charge is 0.323 e. The normalized spacial score (nSPS) is 26.7. The fourth-order valence-corrected chi connectivity index (χ4v) is 1.67. The predicted molar refractivity (Wildman–Crippen MR) is 48.5 cm³/mol. The molecule has 1 N–H and O–H groups in total. The summed E-state index contributed by atoms with van der Waals surface area (Å²) >= 11 is 0. The summed E-state index contributed by atoms with van der Waals surface area (Å²) < 4.78 is 9.23. The number of hydrogen-bond donors (Lipinski definition) is 1. The third kappa shape index (κ3) is 2.23. The third-order valence-corrected chi connectivity index (χ3v) is 2.42. The number of carbonyl (C=O) groups is 2. The molecule has 0 saturated carbocycles. The lowest BCUT2D eigenvalue weighted by Crippen LogP contribution is -2.50. The van der Waals surface area contributed by atoms with Gasteiger partial charge in [0.25, 0.3) is 0 Å². The largest absolute Gasteiger partial charge is 0.469 e. The van der Waals surface area contributed by atoms with E-state index in [1.54, 1.807) is 0 Å². The Morgan fingerprint density at radius 3 is 2.43 bits per heavy atom. The fourth-order valence-electron chi connectivity index (χ4n) is 1.67. The monoisotopic (exact) mass is 201 g/mol. The molecule has 0 bridgehead atoms. The van der Waals surface area contributed by atoms with E-state index >= 15 is 0 Å². The van der Waals surface area contributed by atoms with E-state index in [0.29, 0.717) is 6.42 Å². The van der Waals surface area contributed by atoms with E-state index < -0.39 is 17.9 Å². The molecule has 0 aromatic carbocycles. The molecular weight excluding hydrogens is 186 g/mol. The highest BCUT2D eigenvalue weighted by Crippen LogP contribution is 2.18. The van der Waals surface area contributed by atoms with Gasteiger partial charge in [-0.25, -0.2) is 0 Å². The van der Waals surface area contributed by atoms with Gasteiger partial charge in [-0.15, -0.1) is 0 Å². The minimum Gasteiger partial charge on any atom is -0.469 e. The molecule has 0 spiro atoms. The molecule has 0 aromatic rings. The first-order valence-corrected chi connectivity index (χ1v) is 4.59. The molecule has 5 heteroatoms. The van der Waals surface area contributed by atoms with E-state index in [2.05, 4.69) is 14.8 Å². The van der Waals surface area contributed by atoms with E-state index in [9.17, 15) is 9.59 Å². The Morgan fingerprint density at radius 1 is 1.21 bits per heavy atom. The molecule has 0 aromatic heterocycles. The number of rotatable bonds is 2.